The van der Waals surface area contributed by atoms with Crippen LogP contribution in [0.25, 0.3) is 0 Å². The summed E-state index contributed by atoms with van der Waals surface area (Å²) in [4.78, 5) is 14.2. The molecule has 1 aliphatic heterocycles. The van der Waals surface area contributed by atoms with Gasteiger partial charge in [0.2, 0.25) is 0 Å². The molecule has 6 heteroatoms. The molecule has 2 rings (SSSR count). The van der Waals surface area contributed by atoms with Crippen molar-refractivity contribution in [3.05, 3.63) is 23.8 Å². The van der Waals surface area contributed by atoms with Crippen LogP contribution in [-0.4, -0.2) is 58.0 Å². The lowest BCUT2D eigenvalue weighted by atomic mass is 9.74. The van der Waals surface area contributed by atoms with Crippen molar-refractivity contribution in [1.29, 1.82) is 0 Å². The summed E-state index contributed by atoms with van der Waals surface area (Å²) < 4.78 is 16.4. The van der Waals surface area contributed by atoms with Crippen molar-refractivity contribution >= 4 is 6.03 Å². The second kappa shape index (κ2) is 8.94. The van der Waals surface area contributed by atoms with Crippen LogP contribution in [0.1, 0.15) is 32.3 Å². The zero-order valence-electron chi connectivity index (χ0n) is 15.8. The first-order valence-electron chi connectivity index (χ1n) is 8.93. The van der Waals surface area contributed by atoms with Crippen LogP contribution < -0.4 is 14.8 Å². The Morgan fingerprint density at radius 1 is 1.16 bits per heavy atom. The van der Waals surface area contributed by atoms with Gasteiger partial charge in [-0.3, -0.25) is 0 Å². The lowest BCUT2D eigenvalue weighted by Crippen LogP contribution is -2.48. The van der Waals surface area contributed by atoms with Gasteiger partial charge in [-0.05, 0) is 44.4 Å². The molecule has 0 spiro atoms. The highest BCUT2D eigenvalue weighted by molar-refractivity contribution is 5.74. The third kappa shape index (κ3) is 4.37. The maximum atomic E-state index is 12.4. The smallest absolute Gasteiger partial charge is 0.317 e. The number of nitrogens with one attached hydrogen (secondary N) is 1. The molecule has 0 atom stereocenters. The van der Waals surface area contributed by atoms with E-state index in [4.69, 9.17) is 14.2 Å². The Bertz CT molecular complexity index is 567. The number of ether oxygens (including phenoxy) is 3. The summed E-state index contributed by atoms with van der Waals surface area (Å²) >= 11 is 0. The van der Waals surface area contributed by atoms with Crippen molar-refractivity contribution < 1.29 is 19.0 Å². The molecule has 1 N–H and O–H groups in total. The number of methoxy groups -OCH3 is 2. The van der Waals surface area contributed by atoms with E-state index >= 15 is 0 Å². The molecule has 25 heavy (non-hydrogen) atoms. The van der Waals surface area contributed by atoms with Crippen LogP contribution in [0, 0.1) is 0 Å². The molecule has 0 saturated carbocycles. The Morgan fingerprint density at radius 3 is 2.36 bits per heavy atom. The van der Waals surface area contributed by atoms with E-state index in [0.29, 0.717) is 44.3 Å². The Labute approximate surface area is 150 Å². The normalized spacial score (nSPS) is 16.2. The number of carbonyl (C=O) groups excluding carboxylic acids is 1. The van der Waals surface area contributed by atoms with Crippen LogP contribution in [0.2, 0.25) is 0 Å². The van der Waals surface area contributed by atoms with Crippen LogP contribution in [0.4, 0.5) is 4.79 Å². The van der Waals surface area contributed by atoms with Gasteiger partial charge < -0.3 is 24.4 Å². The zero-order valence-corrected chi connectivity index (χ0v) is 15.8. The van der Waals surface area contributed by atoms with Crippen molar-refractivity contribution in [2.45, 2.75) is 32.1 Å². The van der Waals surface area contributed by atoms with Crippen LogP contribution in [0.3, 0.4) is 0 Å². The van der Waals surface area contributed by atoms with Crippen molar-refractivity contribution in [3.63, 3.8) is 0 Å². The Balaban J connectivity index is 2.24. The summed E-state index contributed by atoms with van der Waals surface area (Å²) in [5.41, 5.74) is 0.994. The van der Waals surface area contributed by atoms with Crippen LogP contribution >= 0.6 is 0 Å². The molecule has 1 saturated heterocycles. The molecule has 0 bridgehead atoms. The fourth-order valence-electron chi connectivity index (χ4n) is 3.36. The number of hydrogen-bond acceptors (Lipinski definition) is 4. The van der Waals surface area contributed by atoms with Gasteiger partial charge in [0, 0.05) is 38.3 Å². The second-order valence-corrected chi connectivity index (χ2v) is 6.29. The number of amides is 2. The summed E-state index contributed by atoms with van der Waals surface area (Å²) in [5.74, 6) is 1.42. The number of urea groups is 1. The summed E-state index contributed by atoms with van der Waals surface area (Å²) in [5, 5.41) is 3.12. The summed E-state index contributed by atoms with van der Waals surface area (Å²) in [6.45, 7) is 7.35. The van der Waals surface area contributed by atoms with E-state index in [-0.39, 0.29) is 11.4 Å². The SMILES string of the molecule is CCN(CC)C(=O)NCC1(c2ccc(OC)c(OC)c2)CCOCC1. The van der Waals surface area contributed by atoms with Gasteiger partial charge >= 0.3 is 6.03 Å². The number of nitrogens with zero attached hydrogens (tertiary/aromatic N) is 1. The van der Waals surface area contributed by atoms with E-state index in [1.807, 2.05) is 26.0 Å². The monoisotopic (exact) mass is 350 g/mol. The maximum absolute atomic E-state index is 12.4. The molecule has 0 aliphatic carbocycles. The molecule has 0 aromatic heterocycles. The van der Waals surface area contributed by atoms with E-state index < -0.39 is 0 Å². The number of benzene rings is 1. The Hall–Kier alpha value is -1.95. The van der Waals surface area contributed by atoms with Gasteiger partial charge in [-0.25, -0.2) is 4.79 Å². The summed E-state index contributed by atoms with van der Waals surface area (Å²) in [6.07, 6.45) is 1.72. The molecule has 6 nitrogen and oxygen atoms in total. The van der Waals surface area contributed by atoms with E-state index in [9.17, 15) is 4.79 Å². The zero-order chi connectivity index (χ0) is 18.3. The molecular formula is C19H30N2O4. The van der Waals surface area contributed by atoms with Crippen molar-refractivity contribution in [1.82, 2.24) is 10.2 Å². The average molecular weight is 350 g/mol. The van der Waals surface area contributed by atoms with Gasteiger partial charge in [0.05, 0.1) is 14.2 Å². The van der Waals surface area contributed by atoms with Gasteiger partial charge in [-0.1, -0.05) is 6.07 Å². The van der Waals surface area contributed by atoms with E-state index in [0.717, 1.165) is 18.4 Å². The van der Waals surface area contributed by atoms with Crippen molar-refractivity contribution in [2.24, 2.45) is 0 Å². The summed E-state index contributed by atoms with van der Waals surface area (Å²) in [7, 11) is 3.27. The van der Waals surface area contributed by atoms with Crippen molar-refractivity contribution in [3.8, 4) is 11.5 Å². The molecule has 0 radical (unpaired) electrons. The van der Waals surface area contributed by atoms with Crippen LogP contribution in [0.15, 0.2) is 18.2 Å². The first kappa shape index (κ1) is 19.4. The standard InChI is InChI=1S/C19H30N2O4/c1-5-21(6-2)18(22)20-14-19(9-11-25-12-10-19)15-7-8-16(23-3)17(13-15)24-4/h7-8,13H,5-6,9-12,14H2,1-4H3,(H,20,22). The number of rotatable bonds is 7. The average Bonchev–Trinajstić information content (AvgIpc) is 2.67. The fraction of sp³-hybridized carbons (Fsp3) is 0.632. The maximum Gasteiger partial charge on any atom is 0.317 e. The molecule has 1 aromatic carbocycles. The van der Waals surface area contributed by atoms with E-state index in [1.165, 1.54) is 0 Å². The van der Waals surface area contributed by atoms with E-state index in [2.05, 4.69) is 11.4 Å². The predicted molar refractivity (Wildman–Crippen MR) is 97.6 cm³/mol. The largest absolute Gasteiger partial charge is 0.493 e. The minimum Gasteiger partial charge on any atom is -0.493 e. The van der Waals surface area contributed by atoms with Gasteiger partial charge in [0.25, 0.3) is 0 Å². The second-order valence-electron chi connectivity index (χ2n) is 6.29. The van der Waals surface area contributed by atoms with Gasteiger partial charge in [0.1, 0.15) is 0 Å². The summed E-state index contributed by atoms with van der Waals surface area (Å²) in [6, 6.07) is 6.00. The predicted octanol–water partition coefficient (Wildman–Crippen LogP) is 2.80. The highest BCUT2D eigenvalue weighted by Crippen LogP contribution is 2.38. The lowest BCUT2D eigenvalue weighted by Gasteiger charge is -2.38. The third-order valence-electron chi connectivity index (χ3n) is 5.07. The molecule has 1 fully saturated rings. The fourth-order valence-corrected chi connectivity index (χ4v) is 3.36. The highest BCUT2D eigenvalue weighted by Gasteiger charge is 2.35. The van der Waals surface area contributed by atoms with E-state index in [1.54, 1.807) is 19.1 Å². The van der Waals surface area contributed by atoms with Gasteiger partial charge in [-0.15, -0.1) is 0 Å². The minimum atomic E-state index is -0.152. The molecular weight excluding hydrogens is 320 g/mol. The highest BCUT2D eigenvalue weighted by atomic mass is 16.5. The molecule has 1 heterocycles. The molecule has 2 amide bonds. The first-order chi connectivity index (χ1) is 12.1. The van der Waals surface area contributed by atoms with Gasteiger partial charge in [-0.2, -0.15) is 0 Å². The molecule has 140 valence electrons. The van der Waals surface area contributed by atoms with Crippen LogP contribution in [0.5, 0.6) is 11.5 Å². The molecule has 0 unspecified atom stereocenters. The quantitative estimate of drug-likeness (QED) is 0.821. The number of carbonyl (C=O) groups is 1. The van der Waals surface area contributed by atoms with Crippen LogP contribution in [-0.2, 0) is 10.2 Å². The molecule has 1 aromatic rings. The van der Waals surface area contributed by atoms with Crippen molar-refractivity contribution in [2.75, 3.05) is 47.1 Å². The number of hydrogen-bond donors (Lipinski definition) is 1. The molecule has 1 aliphatic rings. The lowest BCUT2D eigenvalue weighted by molar-refractivity contribution is 0.0501. The third-order valence-corrected chi connectivity index (χ3v) is 5.07. The Morgan fingerprint density at radius 2 is 1.80 bits per heavy atom. The Kier molecular flexibility index (Phi) is 6.93. The minimum absolute atomic E-state index is 0.0173. The van der Waals surface area contributed by atoms with Gasteiger partial charge in [0.15, 0.2) is 11.5 Å². The topological polar surface area (TPSA) is 60.0 Å². The first-order valence-corrected chi connectivity index (χ1v) is 8.93.